The van der Waals surface area contributed by atoms with Gasteiger partial charge in [-0.2, -0.15) is 0 Å². The van der Waals surface area contributed by atoms with Gasteiger partial charge in [0, 0.05) is 25.5 Å². The van der Waals surface area contributed by atoms with Gasteiger partial charge in [0.2, 0.25) is 5.95 Å². The molecule has 0 aromatic carbocycles. The van der Waals surface area contributed by atoms with Crippen LogP contribution in [0.4, 0.5) is 11.8 Å². The maximum atomic E-state index is 6.10. The van der Waals surface area contributed by atoms with E-state index in [2.05, 4.69) is 25.2 Å². The lowest BCUT2D eigenvalue weighted by Crippen LogP contribution is -2.31. The van der Waals surface area contributed by atoms with Gasteiger partial charge in [-0.25, -0.2) is 15.0 Å². The van der Waals surface area contributed by atoms with Crippen LogP contribution in [0.2, 0.25) is 0 Å². The van der Waals surface area contributed by atoms with Crippen LogP contribution in [0.1, 0.15) is 0 Å². The average molecular weight is 359 g/mol. The minimum absolute atomic E-state index is 0.0390. The first-order valence-electron chi connectivity index (χ1n) is 8.34. The minimum Gasteiger partial charge on any atom is -0.371 e. The number of nitrogens with one attached hydrogen (secondary N) is 1. The van der Waals surface area contributed by atoms with Gasteiger partial charge in [-0.1, -0.05) is 6.07 Å². The second-order valence-electron chi connectivity index (χ2n) is 6.10. The third kappa shape index (κ3) is 3.86. The van der Waals surface area contributed by atoms with Crippen molar-refractivity contribution in [2.24, 2.45) is 0 Å². The van der Waals surface area contributed by atoms with Crippen LogP contribution < -0.4 is 10.2 Å². The normalized spacial score (nSPS) is 24.0. The zero-order chi connectivity index (χ0) is 17.1. The summed E-state index contributed by atoms with van der Waals surface area (Å²) >= 11 is 1.62. The highest BCUT2D eigenvalue weighted by Gasteiger charge is 2.38. The molecule has 2 fully saturated rings. The molecule has 2 aliphatic heterocycles. The summed E-state index contributed by atoms with van der Waals surface area (Å²) in [6, 6.07) is 7.83. The van der Waals surface area contributed by atoms with E-state index < -0.39 is 0 Å². The Balaban J connectivity index is 1.37. The van der Waals surface area contributed by atoms with Crippen molar-refractivity contribution < 1.29 is 9.47 Å². The molecule has 2 aromatic rings. The smallest absolute Gasteiger partial charge is 0.226 e. The van der Waals surface area contributed by atoms with E-state index in [1.807, 2.05) is 30.5 Å². The fourth-order valence-electron chi connectivity index (χ4n) is 3.09. The monoisotopic (exact) mass is 359 g/mol. The number of nitrogens with zero attached hydrogens (tertiary/aromatic N) is 4. The summed E-state index contributed by atoms with van der Waals surface area (Å²) in [6.07, 6.45) is 5.67. The Morgan fingerprint density at radius 2 is 1.88 bits per heavy atom. The van der Waals surface area contributed by atoms with Gasteiger partial charge in [0.05, 0.1) is 19.3 Å². The Bertz CT molecular complexity index is 688. The van der Waals surface area contributed by atoms with Gasteiger partial charge in [-0.15, -0.1) is 11.8 Å². The SMILES string of the molecule is CSc1ccnc(N2C[C@@H]3OCC(Nc4ccccn4)CO[C@H]3C2)n1. The highest BCUT2D eigenvalue weighted by molar-refractivity contribution is 7.98. The quantitative estimate of drug-likeness (QED) is 0.653. The summed E-state index contributed by atoms with van der Waals surface area (Å²) in [7, 11) is 0. The first-order valence-corrected chi connectivity index (χ1v) is 9.57. The van der Waals surface area contributed by atoms with Crippen molar-refractivity contribution in [3.05, 3.63) is 36.7 Å². The van der Waals surface area contributed by atoms with Crippen molar-refractivity contribution in [2.75, 3.05) is 42.8 Å². The van der Waals surface area contributed by atoms with Crippen molar-refractivity contribution in [3.8, 4) is 0 Å². The molecule has 4 rings (SSSR count). The van der Waals surface area contributed by atoms with Crippen LogP contribution in [-0.2, 0) is 9.47 Å². The molecule has 1 N–H and O–H groups in total. The molecule has 7 nitrogen and oxygen atoms in total. The van der Waals surface area contributed by atoms with Gasteiger partial charge < -0.3 is 19.7 Å². The van der Waals surface area contributed by atoms with E-state index in [1.165, 1.54) is 0 Å². The molecule has 0 amide bonds. The molecule has 2 saturated heterocycles. The second-order valence-corrected chi connectivity index (χ2v) is 6.93. The molecule has 8 heteroatoms. The van der Waals surface area contributed by atoms with Crippen LogP contribution in [0.3, 0.4) is 0 Å². The third-order valence-electron chi connectivity index (χ3n) is 4.36. The average Bonchev–Trinajstić information content (AvgIpc) is 2.99. The second kappa shape index (κ2) is 7.55. The molecular formula is C17H21N5O2S. The number of anilines is 2. The highest BCUT2D eigenvalue weighted by atomic mass is 32.2. The number of aromatic nitrogens is 3. The molecule has 2 aliphatic rings. The summed E-state index contributed by atoms with van der Waals surface area (Å²) in [5, 5.41) is 4.34. The predicted molar refractivity (Wildman–Crippen MR) is 97.2 cm³/mol. The molecule has 2 aromatic heterocycles. The largest absolute Gasteiger partial charge is 0.371 e. The lowest BCUT2D eigenvalue weighted by molar-refractivity contribution is -0.00461. The summed E-state index contributed by atoms with van der Waals surface area (Å²) < 4.78 is 12.2. The van der Waals surface area contributed by atoms with Gasteiger partial charge in [0.1, 0.15) is 23.1 Å². The Kier molecular flexibility index (Phi) is 5.00. The lowest BCUT2D eigenvalue weighted by atomic mass is 10.3. The Morgan fingerprint density at radius 3 is 2.56 bits per heavy atom. The Labute approximate surface area is 151 Å². The molecule has 132 valence electrons. The maximum absolute atomic E-state index is 6.10. The molecule has 0 spiro atoms. The van der Waals surface area contributed by atoms with Gasteiger partial charge in [-0.3, -0.25) is 0 Å². The molecule has 0 radical (unpaired) electrons. The first kappa shape index (κ1) is 16.6. The highest BCUT2D eigenvalue weighted by Crippen LogP contribution is 2.25. The topological polar surface area (TPSA) is 72.4 Å². The van der Waals surface area contributed by atoms with Crippen LogP contribution in [0.5, 0.6) is 0 Å². The van der Waals surface area contributed by atoms with Crippen LogP contribution in [0.15, 0.2) is 41.7 Å². The molecule has 0 saturated carbocycles. The van der Waals surface area contributed by atoms with E-state index in [1.54, 1.807) is 24.2 Å². The number of hydrogen-bond donors (Lipinski definition) is 1. The molecule has 0 aliphatic carbocycles. The van der Waals surface area contributed by atoms with Crippen LogP contribution in [0.25, 0.3) is 0 Å². The van der Waals surface area contributed by atoms with Crippen molar-refractivity contribution in [3.63, 3.8) is 0 Å². The molecular weight excluding hydrogens is 338 g/mol. The number of fused-ring (bicyclic) bond motifs is 1. The van der Waals surface area contributed by atoms with E-state index in [4.69, 9.17) is 9.47 Å². The summed E-state index contributed by atoms with van der Waals surface area (Å²) in [6.45, 7) is 2.69. The maximum Gasteiger partial charge on any atom is 0.226 e. The fraction of sp³-hybridized carbons (Fsp3) is 0.471. The van der Waals surface area contributed by atoms with Crippen molar-refractivity contribution in [2.45, 2.75) is 23.3 Å². The van der Waals surface area contributed by atoms with Crippen molar-refractivity contribution >= 4 is 23.5 Å². The number of thioether (sulfide) groups is 1. The van der Waals surface area contributed by atoms with E-state index in [9.17, 15) is 0 Å². The van der Waals surface area contributed by atoms with Crippen LogP contribution in [-0.4, -0.2) is 65.8 Å². The number of ether oxygens (including phenoxy) is 2. The fourth-order valence-corrected chi connectivity index (χ4v) is 3.46. The predicted octanol–water partition coefficient (Wildman–Crippen LogP) is 1.68. The third-order valence-corrected chi connectivity index (χ3v) is 5.01. The summed E-state index contributed by atoms with van der Waals surface area (Å²) in [4.78, 5) is 15.4. The van der Waals surface area contributed by atoms with E-state index in [-0.39, 0.29) is 18.2 Å². The standard InChI is InChI=1S/C17H21N5O2S/c1-25-16-5-7-19-17(21-16)22-8-13-14(9-22)24-11-12(10-23-13)20-15-4-2-3-6-18-15/h2-7,12-14H,8-11H2,1H3,(H,18,20)/t13-,14-/m0/s1. The Hall–Kier alpha value is -1.90. The zero-order valence-electron chi connectivity index (χ0n) is 14.0. The number of hydrogen-bond acceptors (Lipinski definition) is 8. The van der Waals surface area contributed by atoms with Gasteiger partial charge in [0.25, 0.3) is 0 Å². The number of pyridine rings is 1. The molecule has 0 bridgehead atoms. The number of rotatable bonds is 4. The minimum atomic E-state index is 0.0390. The molecule has 4 heterocycles. The summed E-state index contributed by atoms with van der Waals surface area (Å²) in [5.74, 6) is 1.59. The van der Waals surface area contributed by atoms with E-state index >= 15 is 0 Å². The first-order chi connectivity index (χ1) is 12.3. The van der Waals surface area contributed by atoms with Gasteiger partial charge in [0.15, 0.2) is 0 Å². The van der Waals surface area contributed by atoms with Crippen molar-refractivity contribution in [1.29, 1.82) is 0 Å². The lowest BCUT2D eigenvalue weighted by Gasteiger charge is -2.19. The van der Waals surface area contributed by atoms with E-state index in [0.717, 1.165) is 29.9 Å². The molecule has 0 unspecified atom stereocenters. The van der Waals surface area contributed by atoms with Gasteiger partial charge in [-0.05, 0) is 24.5 Å². The Morgan fingerprint density at radius 1 is 1.08 bits per heavy atom. The van der Waals surface area contributed by atoms with Crippen LogP contribution >= 0.6 is 11.8 Å². The van der Waals surface area contributed by atoms with Gasteiger partial charge >= 0.3 is 0 Å². The zero-order valence-corrected chi connectivity index (χ0v) is 14.9. The van der Waals surface area contributed by atoms with E-state index in [0.29, 0.717) is 13.2 Å². The van der Waals surface area contributed by atoms with Crippen molar-refractivity contribution in [1.82, 2.24) is 15.0 Å². The molecule has 2 atom stereocenters. The summed E-state index contributed by atoms with van der Waals surface area (Å²) in [5.41, 5.74) is 0. The van der Waals surface area contributed by atoms with Crippen LogP contribution in [0, 0.1) is 0 Å². The molecule has 25 heavy (non-hydrogen) atoms.